The summed E-state index contributed by atoms with van der Waals surface area (Å²) in [6, 6.07) is 15.1. The van der Waals surface area contributed by atoms with Gasteiger partial charge in [-0.15, -0.1) is 0 Å². The topological polar surface area (TPSA) is 114 Å². The first-order valence-electron chi connectivity index (χ1n) is 14.3. The van der Waals surface area contributed by atoms with E-state index in [1.54, 1.807) is 32.5 Å². The van der Waals surface area contributed by atoms with Crippen LogP contribution in [0.2, 0.25) is 10.0 Å². The summed E-state index contributed by atoms with van der Waals surface area (Å²) in [7, 11) is 3.18. The van der Waals surface area contributed by atoms with Crippen LogP contribution < -0.4 is 25.0 Å². The Hall–Kier alpha value is -3.90. The average Bonchev–Trinajstić information content (AvgIpc) is 3.41. The average molecular weight is 641 g/mol. The number of carbonyl (C=O) groups is 2. The number of fused-ring (bicyclic) bond motifs is 1. The van der Waals surface area contributed by atoms with Crippen LogP contribution in [0, 0.1) is 0 Å². The first kappa shape index (κ1) is 31.5. The van der Waals surface area contributed by atoms with Crippen LogP contribution in [0.25, 0.3) is 11.0 Å². The number of carbonyl (C=O) groups excluding carboxylic acids is 2. The molecule has 0 atom stereocenters. The van der Waals surface area contributed by atoms with Crippen molar-refractivity contribution in [2.75, 3.05) is 58.3 Å². The molecule has 5 rings (SSSR count). The number of methoxy groups -OCH3 is 1. The fourth-order valence-electron chi connectivity index (χ4n) is 5.02. The number of nitrogens with one attached hydrogen (secondary N) is 2. The fourth-order valence-corrected chi connectivity index (χ4v) is 5.62. The van der Waals surface area contributed by atoms with Gasteiger partial charge in [-0.1, -0.05) is 35.3 Å². The van der Waals surface area contributed by atoms with E-state index in [-0.39, 0.29) is 30.0 Å². The first-order chi connectivity index (χ1) is 21.4. The normalized spacial score (nSPS) is 13.5. The van der Waals surface area contributed by atoms with E-state index in [9.17, 15) is 9.59 Å². The molecular weight excluding hydrogens is 605 g/mol. The van der Waals surface area contributed by atoms with Crippen molar-refractivity contribution in [3.63, 3.8) is 0 Å². The molecule has 1 saturated heterocycles. The highest BCUT2D eigenvalue weighted by molar-refractivity contribution is 6.38. The lowest BCUT2D eigenvalue weighted by atomic mass is 10.2. The zero-order chi connectivity index (χ0) is 31.1. The molecule has 0 saturated carbocycles. The van der Waals surface area contributed by atoms with E-state index in [4.69, 9.17) is 32.7 Å². The number of imidazole rings is 1. The van der Waals surface area contributed by atoms with Crippen molar-refractivity contribution in [3.8, 4) is 11.8 Å². The number of rotatable bonds is 12. The van der Waals surface area contributed by atoms with E-state index in [0.29, 0.717) is 53.1 Å². The summed E-state index contributed by atoms with van der Waals surface area (Å²) in [5.74, 6) is 0.0350. The number of likely N-dealkylation sites (N-methyl/N-ethyl adjacent to an activating group) is 1. The van der Waals surface area contributed by atoms with Crippen LogP contribution in [0.3, 0.4) is 0 Å². The summed E-state index contributed by atoms with van der Waals surface area (Å²) in [6.45, 7) is 4.68. The molecule has 0 unspecified atom stereocenters. The van der Waals surface area contributed by atoms with Crippen LogP contribution in [-0.2, 0) is 22.7 Å². The second-order valence-corrected chi connectivity index (χ2v) is 11.1. The Bertz CT molecular complexity index is 1610. The van der Waals surface area contributed by atoms with Gasteiger partial charge in [0.2, 0.25) is 11.8 Å². The SMILES string of the molecule is COc1nc2c(OCc3c(Cl)ccc(N(C)C(=O)CNC(=O)CCN4CCNCC4)c3Cl)cccc2n1Cc1ccccn1. The van der Waals surface area contributed by atoms with Crippen molar-refractivity contribution in [2.45, 2.75) is 19.6 Å². The van der Waals surface area contributed by atoms with Crippen molar-refractivity contribution in [2.24, 2.45) is 0 Å². The van der Waals surface area contributed by atoms with Gasteiger partial charge in [0.05, 0.1) is 42.1 Å². The molecule has 1 fully saturated rings. The van der Waals surface area contributed by atoms with E-state index >= 15 is 0 Å². The number of hydrogen-bond acceptors (Lipinski definition) is 8. The van der Waals surface area contributed by atoms with E-state index in [2.05, 4.69) is 25.5 Å². The zero-order valence-corrected chi connectivity index (χ0v) is 26.2. The summed E-state index contributed by atoms with van der Waals surface area (Å²) in [5.41, 5.74) is 3.26. The molecule has 44 heavy (non-hydrogen) atoms. The predicted octanol–water partition coefficient (Wildman–Crippen LogP) is 3.75. The molecule has 3 heterocycles. The largest absolute Gasteiger partial charge is 0.486 e. The second-order valence-electron chi connectivity index (χ2n) is 10.3. The molecule has 2 aromatic carbocycles. The predicted molar refractivity (Wildman–Crippen MR) is 171 cm³/mol. The van der Waals surface area contributed by atoms with Crippen molar-refractivity contribution in [1.82, 2.24) is 30.1 Å². The number of para-hydroxylation sites is 1. The third-order valence-corrected chi connectivity index (χ3v) is 8.29. The van der Waals surface area contributed by atoms with Crippen LogP contribution >= 0.6 is 23.2 Å². The summed E-state index contributed by atoms with van der Waals surface area (Å²) in [6.07, 6.45) is 2.08. The maximum atomic E-state index is 13.0. The molecule has 2 N–H and O–H groups in total. The number of aromatic nitrogens is 3. The molecule has 1 aliphatic heterocycles. The maximum absolute atomic E-state index is 13.0. The van der Waals surface area contributed by atoms with Crippen molar-refractivity contribution >= 4 is 51.7 Å². The summed E-state index contributed by atoms with van der Waals surface area (Å²) in [5, 5.41) is 6.68. The van der Waals surface area contributed by atoms with Gasteiger partial charge >= 0.3 is 0 Å². The summed E-state index contributed by atoms with van der Waals surface area (Å²) in [4.78, 5) is 38.0. The van der Waals surface area contributed by atoms with Gasteiger partial charge in [-0.25, -0.2) is 0 Å². The maximum Gasteiger partial charge on any atom is 0.297 e. The van der Waals surface area contributed by atoms with Gasteiger partial charge in [0.15, 0.2) is 0 Å². The van der Waals surface area contributed by atoms with Gasteiger partial charge in [0, 0.05) is 63.0 Å². The number of nitrogens with zero attached hydrogens (tertiary/aromatic N) is 5. The monoisotopic (exact) mass is 639 g/mol. The van der Waals surface area contributed by atoms with Gasteiger partial charge in [0.25, 0.3) is 6.01 Å². The fraction of sp³-hybridized carbons (Fsp3) is 0.355. The molecule has 2 aromatic heterocycles. The van der Waals surface area contributed by atoms with Gasteiger partial charge < -0.3 is 29.9 Å². The van der Waals surface area contributed by atoms with Gasteiger partial charge in [-0.3, -0.25) is 19.1 Å². The van der Waals surface area contributed by atoms with Crippen LogP contribution in [-0.4, -0.2) is 84.7 Å². The number of piperazine rings is 1. The molecule has 2 amide bonds. The highest BCUT2D eigenvalue weighted by atomic mass is 35.5. The van der Waals surface area contributed by atoms with Crippen LogP contribution in [0.5, 0.6) is 11.8 Å². The number of anilines is 1. The lowest BCUT2D eigenvalue weighted by molar-refractivity contribution is -0.125. The number of amides is 2. The second kappa shape index (κ2) is 14.7. The van der Waals surface area contributed by atoms with Crippen LogP contribution in [0.15, 0.2) is 54.7 Å². The molecule has 0 radical (unpaired) electrons. The lowest BCUT2D eigenvalue weighted by Crippen LogP contribution is -2.45. The van der Waals surface area contributed by atoms with E-state index in [1.165, 1.54) is 4.90 Å². The van der Waals surface area contributed by atoms with Gasteiger partial charge in [-0.2, -0.15) is 4.98 Å². The number of halogens is 2. The minimum absolute atomic E-state index is 0.0326. The van der Waals surface area contributed by atoms with E-state index in [0.717, 1.165) is 37.4 Å². The van der Waals surface area contributed by atoms with Gasteiger partial charge in [-0.05, 0) is 36.4 Å². The van der Waals surface area contributed by atoms with Crippen molar-refractivity contribution in [3.05, 3.63) is 76.0 Å². The Morgan fingerprint density at radius 1 is 1.09 bits per heavy atom. The third-order valence-electron chi connectivity index (χ3n) is 7.51. The molecule has 0 bridgehead atoms. The zero-order valence-electron chi connectivity index (χ0n) is 24.7. The van der Waals surface area contributed by atoms with Crippen LogP contribution in [0.1, 0.15) is 17.7 Å². The number of benzene rings is 2. The number of ether oxygens (including phenoxy) is 2. The lowest BCUT2D eigenvalue weighted by Gasteiger charge is -2.26. The quantitative estimate of drug-likeness (QED) is 0.241. The Morgan fingerprint density at radius 2 is 1.91 bits per heavy atom. The smallest absolute Gasteiger partial charge is 0.297 e. The molecular formula is C31H35Cl2N7O4. The van der Waals surface area contributed by atoms with Crippen LogP contribution in [0.4, 0.5) is 5.69 Å². The molecule has 0 spiro atoms. The highest BCUT2D eigenvalue weighted by Crippen LogP contribution is 2.36. The molecule has 232 valence electrons. The van der Waals surface area contributed by atoms with Crippen molar-refractivity contribution < 1.29 is 19.1 Å². The molecule has 1 aliphatic rings. The Labute approximate surface area is 266 Å². The number of pyridine rings is 1. The highest BCUT2D eigenvalue weighted by Gasteiger charge is 2.21. The molecule has 13 heteroatoms. The Morgan fingerprint density at radius 3 is 2.66 bits per heavy atom. The minimum atomic E-state index is -0.313. The third kappa shape index (κ3) is 7.41. The Balaban J connectivity index is 1.25. The molecule has 11 nitrogen and oxygen atoms in total. The number of hydrogen-bond donors (Lipinski definition) is 2. The molecule has 4 aromatic rings. The standard InChI is InChI=1S/C31H35Cl2N7O4/c1-38(28(42)18-36-27(41)11-15-39-16-13-34-14-17-39)24-10-9-23(32)22(29(24)33)20-44-26-8-5-7-25-30(26)37-31(43-2)40(25)19-21-6-3-4-12-35-21/h3-10,12,34H,11,13-20H2,1-2H3,(H,36,41). The van der Waals surface area contributed by atoms with E-state index in [1.807, 2.05) is 41.0 Å². The van der Waals surface area contributed by atoms with E-state index < -0.39 is 0 Å². The van der Waals surface area contributed by atoms with Crippen molar-refractivity contribution in [1.29, 1.82) is 0 Å². The summed E-state index contributed by atoms with van der Waals surface area (Å²) < 4.78 is 13.7. The molecule has 0 aliphatic carbocycles. The summed E-state index contributed by atoms with van der Waals surface area (Å²) >= 11 is 13.3. The Kier molecular flexibility index (Phi) is 10.5. The first-order valence-corrected chi connectivity index (χ1v) is 15.1. The minimum Gasteiger partial charge on any atom is -0.486 e. The van der Waals surface area contributed by atoms with Gasteiger partial charge in [0.1, 0.15) is 17.9 Å².